The lowest BCUT2D eigenvalue weighted by Crippen LogP contribution is -2.51. The van der Waals surface area contributed by atoms with E-state index < -0.39 is 5.54 Å². The van der Waals surface area contributed by atoms with Crippen molar-refractivity contribution in [2.75, 3.05) is 27.4 Å². The molecule has 0 spiro atoms. The normalized spacial score (nSPS) is 17.4. The number of ether oxygens (including phenoxy) is 3. The Balaban J connectivity index is 2.08. The Hall–Kier alpha value is -1.46. The van der Waals surface area contributed by atoms with Crippen molar-refractivity contribution in [2.45, 2.75) is 31.3 Å². The van der Waals surface area contributed by atoms with E-state index in [2.05, 4.69) is 5.32 Å². The first-order valence-corrected chi connectivity index (χ1v) is 6.84. The van der Waals surface area contributed by atoms with Crippen molar-refractivity contribution in [2.24, 2.45) is 0 Å². The van der Waals surface area contributed by atoms with E-state index in [1.807, 2.05) is 25.1 Å². The molecular weight excluding hydrogens is 258 g/mol. The Kier molecular flexibility index (Phi) is 4.73. The molecule has 0 aromatic heterocycles. The molecule has 1 atom stereocenters. The van der Waals surface area contributed by atoms with Crippen LogP contribution in [0.2, 0.25) is 0 Å². The maximum Gasteiger partial charge on any atom is 0.203 e. The van der Waals surface area contributed by atoms with Gasteiger partial charge in [-0.25, -0.2) is 0 Å². The van der Waals surface area contributed by atoms with E-state index in [1.165, 1.54) is 0 Å². The fourth-order valence-electron chi connectivity index (χ4n) is 2.04. The topological polar surface area (TPSA) is 60.0 Å². The number of methoxy groups -OCH3 is 2. The first-order valence-electron chi connectivity index (χ1n) is 6.84. The van der Waals surface area contributed by atoms with Gasteiger partial charge in [0.2, 0.25) is 5.75 Å². The summed E-state index contributed by atoms with van der Waals surface area (Å²) in [5.74, 6) is 1.81. The van der Waals surface area contributed by atoms with Gasteiger partial charge in [0.1, 0.15) is 6.61 Å². The predicted molar refractivity (Wildman–Crippen MR) is 76.7 cm³/mol. The molecule has 0 radical (unpaired) electrons. The van der Waals surface area contributed by atoms with Crippen LogP contribution in [0.25, 0.3) is 0 Å². The molecule has 1 aliphatic carbocycles. The fourth-order valence-corrected chi connectivity index (χ4v) is 2.04. The predicted octanol–water partition coefficient (Wildman–Crippen LogP) is 1.59. The summed E-state index contributed by atoms with van der Waals surface area (Å²) in [5, 5.41) is 13.0. The van der Waals surface area contributed by atoms with E-state index in [9.17, 15) is 5.11 Å². The quantitative estimate of drug-likeness (QED) is 0.757. The molecular formula is C15H23NO4. The minimum atomic E-state index is -0.465. The Morgan fingerprint density at radius 3 is 2.30 bits per heavy atom. The van der Waals surface area contributed by atoms with E-state index in [0.717, 1.165) is 12.8 Å². The molecule has 112 valence electrons. The summed E-state index contributed by atoms with van der Waals surface area (Å²) in [6.45, 7) is 2.31. The summed E-state index contributed by atoms with van der Waals surface area (Å²) in [4.78, 5) is 0. The number of hydrogen-bond donors (Lipinski definition) is 2. The van der Waals surface area contributed by atoms with Crippen LogP contribution < -0.4 is 19.5 Å². The summed E-state index contributed by atoms with van der Waals surface area (Å²) in [7, 11) is 3.19. The fraction of sp³-hybridized carbons (Fsp3) is 0.600. The Labute approximate surface area is 119 Å². The van der Waals surface area contributed by atoms with Crippen LogP contribution in [0.4, 0.5) is 0 Å². The summed E-state index contributed by atoms with van der Waals surface area (Å²) in [5.41, 5.74) is -0.465. The van der Waals surface area contributed by atoms with Crippen LogP contribution in [0.15, 0.2) is 18.2 Å². The van der Waals surface area contributed by atoms with Crippen molar-refractivity contribution < 1.29 is 19.3 Å². The second-order valence-corrected chi connectivity index (χ2v) is 5.42. The third-order valence-electron chi connectivity index (χ3n) is 3.40. The lowest BCUT2D eigenvalue weighted by molar-refractivity contribution is 0.110. The molecule has 1 aliphatic rings. The molecule has 1 aromatic rings. The van der Waals surface area contributed by atoms with Gasteiger partial charge in [-0.3, -0.25) is 0 Å². The highest BCUT2D eigenvalue weighted by Crippen LogP contribution is 2.37. The van der Waals surface area contributed by atoms with E-state index >= 15 is 0 Å². The van der Waals surface area contributed by atoms with Crippen LogP contribution >= 0.6 is 0 Å². The molecule has 0 heterocycles. The lowest BCUT2D eigenvalue weighted by atomic mass is 10.1. The zero-order valence-corrected chi connectivity index (χ0v) is 12.3. The summed E-state index contributed by atoms with van der Waals surface area (Å²) >= 11 is 0. The maximum absolute atomic E-state index is 9.59. The number of benzene rings is 1. The van der Waals surface area contributed by atoms with Crippen LogP contribution in [-0.4, -0.2) is 44.1 Å². The Morgan fingerprint density at radius 1 is 1.25 bits per heavy atom. The number of aliphatic hydroxyl groups is 1. The summed E-state index contributed by atoms with van der Waals surface area (Å²) < 4.78 is 16.4. The molecule has 20 heavy (non-hydrogen) atoms. The average molecular weight is 281 g/mol. The SMILES string of the molecule is COc1cccc(OC)c1OCC(C)(CO)NC1CC1. The standard InChI is InChI=1S/C15H23NO4/c1-15(9-17,16-11-7-8-11)10-20-14-12(18-2)5-4-6-13(14)19-3/h4-6,11,16-17H,7-10H2,1-3H3. The van der Waals surface area contributed by atoms with Crippen LogP contribution in [0.1, 0.15) is 19.8 Å². The van der Waals surface area contributed by atoms with Crippen LogP contribution in [0.3, 0.4) is 0 Å². The zero-order chi connectivity index (χ0) is 14.6. The second-order valence-electron chi connectivity index (χ2n) is 5.42. The van der Waals surface area contributed by atoms with E-state index in [1.54, 1.807) is 14.2 Å². The van der Waals surface area contributed by atoms with Crippen LogP contribution in [0, 0.1) is 0 Å². The van der Waals surface area contributed by atoms with Gasteiger partial charge in [0.15, 0.2) is 11.5 Å². The zero-order valence-electron chi connectivity index (χ0n) is 12.3. The van der Waals surface area contributed by atoms with Gasteiger partial charge in [-0.1, -0.05) is 6.07 Å². The van der Waals surface area contributed by atoms with Gasteiger partial charge in [0.25, 0.3) is 0 Å². The highest BCUT2D eigenvalue weighted by atomic mass is 16.5. The largest absolute Gasteiger partial charge is 0.493 e. The molecule has 1 aromatic carbocycles. The van der Waals surface area contributed by atoms with Gasteiger partial charge in [-0.2, -0.15) is 0 Å². The van der Waals surface area contributed by atoms with Crippen molar-refractivity contribution in [3.63, 3.8) is 0 Å². The third kappa shape index (κ3) is 3.55. The van der Waals surface area contributed by atoms with E-state index in [-0.39, 0.29) is 6.61 Å². The van der Waals surface area contributed by atoms with Crippen molar-refractivity contribution in [1.82, 2.24) is 5.32 Å². The van der Waals surface area contributed by atoms with Crippen molar-refractivity contribution in [3.8, 4) is 17.2 Å². The highest BCUT2D eigenvalue weighted by molar-refractivity contribution is 5.51. The molecule has 1 fully saturated rings. The van der Waals surface area contributed by atoms with Crippen LogP contribution in [-0.2, 0) is 0 Å². The van der Waals surface area contributed by atoms with Gasteiger partial charge in [0.05, 0.1) is 26.4 Å². The van der Waals surface area contributed by atoms with Gasteiger partial charge in [-0.05, 0) is 31.9 Å². The number of rotatable bonds is 8. The molecule has 5 nitrogen and oxygen atoms in total. The van der Waals surface area contributed by atoms with E-state index in [0.29, 0.717) is 29.9 Å². The molecule has 5 heteroatoms. The first kappa shape index (κ1) is 14.9. The van der Waals surface area contributed by atoms with E-state index in [4.69, 9.17) is 14.2 Å². The number of aliphatic hydroxyl groups excluding tert-OH is 1. The number of para-hydroxylation sites is 1. The highest BCUT2D eigenvalue weighted by Gasteiger charge is 2.33. The third-order valence-corrected chi connectivity index (χ3v) is 3.40. The minimum absolute atomic E-state index is 0.0148. The van der Waals surface area contributed by atoms with Crippen molar-refractivity contribution in [1.29, 1.82) is 0 Å². The van der Waals surface area contributed by atoms with Crippen molar-refractivity contribution in [3.05, 3.63) is 18.2 Å². The average Bonchev–Trinajstić information content (AvgIpc) is 3.28. The molecule has 0 saturated heterocycles. The van der Waals surface area contributed by atoms with Gasteiger partial charge >= 0.3 is 0 Å². The maximum atomic E-state index is 9.59. The lowest BCUT2D eigenvalue weighted by Gasteiger charge is -2.29. The summed E-state index contributed by atoms with van der Waals surface area (Å²) in [6.07, 6.45) is 2.32. The molecule has 2 N–H and O–H groups in total. The van der Waals surface area contributed by atoms with Gasteiger partial charge in [-0.15, -0.1) is 0 Å². The Bertz CT molecular complexity index is 425. The van der Waals surface area contributed by atoms with Crippen molar-refractivity contribution >= 4 is 0 Å². The summed E-state index contributed by atoms with van der Waals surface area (Å²) in [6, 6.07) is 5.98. The number of nitrogens with one attached hydrogen (secondary N) is 1. The number of hydrogen-bond acceptors (Lipinski definition) is 5. The smallest absolute Gasteiger partial charge is 0.203 e. The second kappa shape index (κ2) is 6.33. The monoisotopic (exact) mass is 281 g/mol. The molecule has 2 rings (SSSR count). The van der Waals surface area contributed by atoms with Crippen LogP contribution in [0.5, 0.6) is 17.2 Å². The molecule has 0 aliphatic heterocycles. The Morgan fingerprint density at radius 2 is 1.85 bits per heavy atom. The molecule has 1 saturated carbocycles. The van der Waals surface area contributed by atoms with Gasteiger partial charge < -0.3 is 24.6 Å². The van der Waals surface area contributed by atoms with Gasteiger partial charge in [0, 0.05) is 6.04 Å². The first-order chi connectivity index (χ1) is 9.61. The molecule has 0 amide bonds. The minimum Gasteiger partial charge on any atom is -0.493 e. The molecule has 1 unspecified atom stereocenters. The molecule has 0 bridgehead atoms.